The molecule has 1 N–H and O–H groups in total. The number of ether oxygens (including phenoxy) is 1. The molecule has 0 fully saturated rings. The van der Waals surface area contributed by atoms with Crippen LogP contribution in [-0.2, 0) is 0 Å². The fourth-order valence-corrected chi connectivity index (χ4v) is 2.87. The number of halogens is 3. The van der Waals surface area contributed by atoms with Crippen LogP contribution in [-0.4, -0.2) is 36.5 Å². The van der Waals surface area contributed by atoms with Crippen molar-refractivity contribution in [3.05, 3.63) is 28.3 Å². The van der Waals surface area contributed by atoms with Crippen LogP contribution in [0.25, 0.3) is 0 Å². The van der Waals surface area contributed by atoms with E-state index in [1.165, 1.54) is 0 Å². The van der Waals surface area contributed by atoms with E-state index in [-0.39, 0.29) is 10.8 Å². The van der Waals surface area contributed by atoms with Crippen LogP contribution in [0.4, 0.5) is 8.78 Å². The summed E-state index contributed by atoms with van der Waals surface area (Å²) in [6.07, 6.45) is 2.16. The van der Waals surface area contributed by atoms with Gasteiger partial charge in [0.05, 0.1) is 5.02 Å². The molecule has 1 unspecified atom stereocenters. The zero-order valence-corrected chi connectivity index (χ0v) is 13.5. The maximum absolute atomic E-state index is 13.1. The molecule has 1 atom stereocenters. The standard InChI is InChI=1S/C16H20ClF2NO2/c1-10-4-3-5-20-14(10)12-6-11(2)15(13(17)7-12)22-9-16(18,19)8-21/h6-7,10,21H,3-5,8-9H2,1-2H3. The van der Waals surface area contributed by atoms with Crippen molar-refractivity contribution in [2.75, 3.05) is 19.8 Å². The zero-order valence-electron chi connectivity index (χ0n) is 12.7. The van der Waals surface area contributed by atoms with E-state index in [0.29, 0.717) is 11.5 Å². The molecular weight excluding hydrogens is 312 g/mol. The SMILES string of the molecule is Cc1cc(C2=NCCCC2C)cc(Cl)c1OCC(F)(F)CO. The molecule has 1 heterocycles. The Hall–Kier alpha value is -1.20. The van der Waals surface area contributed by atoms with Gasteiger partial charge in [-0.2, -0.15) is 0 Å². The summed E-state index contributed by atoms with van der Waals surface area (Å²) in [5.41, 5.74) is 2.59. The van der Waals surface area contributed by atoms with Crippen LogP contribution in [0.15, 0.2) is 17.1 Å². The first-order valence-electron chi connectivity index (χ1n) is 7.30. The lowest BCUT2D eigenvalue weighted by Crippen LogP contribution is -2.30. The van der Waals surface area contributed by atoms with Gasteiger partial charge in [-0.1, -0.05) is 18.5 Å². The van der Waals surface area contributed by atoms with Gasteiger partial charge in [-0.25, -0.2) is 8.78 Å². The Kier molecular flexibility index (Phi) is 5.40. The van der Waals surface area contributed by atoms with E-state index in [4.69, 9.17) is 21.4 Å². The number of rotatable bonds is 5. The lowest BCUT2D eigenvalue weighted by molar-refractivity contribution is -0.0801. The van der Waals surface area contributed by atoms with E-state index in [1.54, 1.807) is 13.0 Å². The smallest absolute Gasteiger partial charge is 0.303 e. The van der Waals surface area contributed by atoms with Crippen molar-refractivity contribution >= 4 is 17.3 Å². The van der Waals surface area contributed by atoms with Gasteiger partial charge in [-0.15, -0.1) is 0 Å². The first-order chi connectivity index (χ1) is 10.3. The monoisotopic (exact) mass is 331 g/mol. The number of aliphatic hydroxyl groups is 1. The third-order valence-corrected chi connectivity index (χ3v) is 4.01. The Labute approximate surface area is 134 Å². The van der Waals surface area contributed by atoms with Gasteiger partial charge in [0.1, 0.15) is 12.4 Å². The Morgan fingerprint density at radius 2 is 2.18 bits per heavy atom. The maximum atomic E-state index is 13.1. The van der Waals surface area contributed by atoms with Crippen LogP contribution in [0.3, 0.4) is 0 Å². The average molecular weight is 332 g/mol. The maximum Gasteiger partial charge on any atom is 0.303 e. The highest BCUT2D eigenvalue weighted by molar-refractivity contribution is 6.32. The number of aryl methyl sites for hydroxylation is 1. The van der Waals surface area contributed by atoms with Gasteiger partial charge in [0, 0.05) is 12.3 Å². The van der Waals surface area contributed by atoms with E-state index in [1.807, 2.05) is 6.07 Å². The molecule has 3 nitrogen and oxygen atoms in total. The second-order valence-electron chi connectivity index (χ2n) is 5.72. The summed E-state index contributed by atoms with van der Waals surface area (Å²) in [5, 5.41) is 8.86. The van der Waals surface area contributed by atoms with Crippen LogP contribution >= 0.6 is 11.6 Å². The molecule has 0 amide bonds. The van der Waals surface area contributed by atoms with E-state index in [9.17, 15) is 8.78 Å². The third kappa shape index (κ3) is 3.96. The largest absolute Gasteiger partial charge is 0.485 e. The predicted molar refractivity (Wildman–Crippen MR) is 83.5 cm³/mol. The molecule has 122 valence electrons. The molecule has 22 heavy (non-hydrogen) atoms. The Balaban J connectivity index is 2.23. The summed E-state index contributed by atoms with van der Waals surface area (Å²) >= 11 is 6.19. The molecule has 0 spiro atoms. The highest BCUT2D eigenvalue weighted by Crippen LogP contribution is 2.33. The van der Waals surface area contributed by atoms with Crippen LogP contribution in [0.2, 0.25) is 5.02 Å². The summed E-state index contributed by atoms with van der Waals surface area (Å²) in [4.78, 5) is 4.56. The Morgan fingerprint density at radius 1 is 1.45 bits per heavy atom. The van der Waals surface area contributed by atoms with Crippen molar-refractivity contribution in [1.29, 1.82) is 0 Å². The van der Waals surface area contributed by atoms with Gasteiger partial charge in [0.15, 0.2) is 6.61 Å². The van der Waals surface area contributed by atoms with Crippen LogP contribution in [0.1, 0.15) is 30.9 Å². The highest BCUT2D eigenvalue weighted by atomic mass is 35.5. The van der Waals surface area contributed by atoms with Crippen molar-refractivity contribution in [2.24, 2.45) is 10.9 Å². The van der Waals surface area contributed by atoms with E-state index in [2.05, 4.69) is 11.9 Å². The molecule has 6 heteroatoms. The van der Waals surface area contributed by atoms with Crippen molar-refractivity contribution in [2.45, 2.75) is 32.6 Å². The van der Waals surface area contributed by atoms with E-state index in [0.717, 1.165) is 30.7 Å². The molecule has 0 saturated carbocycles. The minimum Gasteiger partial charge on any atom is -0.485 e. The van der Waals surface area contributed by atoms with Crippen molar-refractivity contribution in [3.8, 4) is 5.75 Å². The summed E-state index contributed by atoms with van der Waals surface area (Å²) in [5.74, 6) is -2.70. The minimum atomic E-state index is -3.28. The second-order valence-corrected chi connectivity index (χ2v) is 6.12. The number of aliphatic imine (C=N–C) groups is 1. The summed E-state index contributed by atoms with van der Waals surface area (Å²) in [6.45, 7) is 2.53. The molecule has 0 radical (unpaired) electrons. The van der Waals surface area contributed by atoms with Gasteiger partial charge in [0.25, 0.3) is 0 Å². The first kappa shape index (κ1) is 17.2. The second kappa shape index (κ2) is 6.92. The fourth-order valence-electron chi connectivity index (χ4n) is 2.55. The third-order valence-electron chi connectivity index (χ3n) is 3.73. The zero-order chi connectivity index (χ0) is 16.3. The number of hydrogen-bond acceptors (Lipinski definition) is 3. The molecule has 2 rings (SSSR count). The number of benzene rings is 1. The molecule has 1 aromatic carbocycles. The first-order valence-corrected chi connectivity index (χ1v) is 7.68. The summed E-state index contributed by atoms with van der Waals surface area (Å²) in [7, 11) is 0. The van der Waals surface area contributed by atoms with E-state index < -0.39 is 19.1 Å². The van der Waals surface area contributed by atoms with Crippen LogP contribution in [0.5, 0.6) is 5.75 Å². The normalized spacial score (nSPS) is 19.0. The average Bonchev–Trinajstić information content (AvgIpc) is 2.46. The van der Waals surface area contributed by atoms with Gasteiger partial charge >= 0.3 is 5.92 Å². The molecule has 0 bridgehead atoms. The molecule has 0 saturated heterocycles. The number of hydrogen-bond donors (Lipinski definition) is 1. The number of nitrogens with zero attached hydrogens (tertiary/aromatic N) is 1. The van der Waals surface area contributed by atoms with Gasteiger partial charge in [0.2, 0.25) is 0 Å². The van der Waals surface area contributed by atoms with Crippen molar-refractivity contribution < 1.29 is 18.6 Å². The number of aliphatic hydroxyl groups excluding tert-OH is 1. The molecular formula is C16H20ClF2NO2. The molecule has 1 aliphatic rings. The van der Waals surface area contributed by atoms with Gasteiger partial charge < -0.3 is 9.84 Å². The minimum absolute atomic E-state index is 0.225. The van der Waals surface area contributed by atoms with Crippen LogP contribution < -0.4 is 4.74 Å². The number of alkyl halides is 2. The molecule has 1 aliphatic heterocycles. The lowest BCUT2D eigenvalue weighted by atomic mass is 9.91. The van der Waals surface area contributed by atoms with Crippen molar-refractivity contribution in [1.82, 2.24) is 0 Å². The highest BCUT2D eigenvalue weighted by Gasteiger charge is 2.29. The Morgan fingerprint density at radius 3 is 2.77 bits per heavy atom. The summed E-state index contributed by atoms with van der Waals surface area (Å²) < 4.78 is 31.3. The lowest BCUT2D eigenvalue weighted by Gasteiger charge is -2.21. The van der Waals surface area contributed by atoms with Crippen LogP contribution in [0, 0.1) is 12.8 Å². The fraction of sp³-hybridized carbons (Fsp3) is 0.562. The molecule has 0 aliphatic carbocycles. The summed E-state index contributed by atoms with van der Waals surface area (Å²) in [6, 6.07) is 3.57. The predicted octanol–water partition coefficient (Wildman–Crippen LogP) is 3.87. The van der Waals surface area contributed by atoms with Crippen molar-refractivity contribution in [3.63, 3.8) is 0 Å². The molecule has 0 aromatic heterocycles. The van der Waals surface area contributed by atoms with Gasteiger partial charge in [-0.05, 0) is 48.9 Å². The molecule has 1 aromatic rings. The quantitative estimate of drug-likeness (QED) is 0.889. The Bertz CT molecular complexity index is 552. The topological polar surface area (TPSA) is 41.8 Å². The van der Waals surface area contributed by atoms with Gasteiger partial charge in [-0.3, -0.25) is 4.99 Å². The van der Waals surface area contributed by atoms with E-state index >= 15 is 0 Å².